The van der Waals surface area contributed by atoms with Crippen LogP contribution in [0, 0.1) is 17.8 Å². The highest BCUT2D eigenvalue weighted by Crippen LogP contribution is 2.50. The summed E-state index contributed by atoms with van der Waals surface area (Å²) in [4.78, 5) is 26.7. The minimum Gasteiger partial charge on any atom is -0.495 e. The Hall–Kier alpha value is -3.91. The Balaban J connectivity index is 1.40. The molecule has 11 heteroatoms. The summed E-state index contributed by atoms with van der Waals surface area (Å²) in [6.45, 7) is 0. The number of anilines is 1. The van der Waals surface area contributed by atoms with Crippen molar-refractivity contribution >= 4 is 38.4 Å². The summed E-state index contributed by atoms with van der Waals surface area (Å²) in [5.41, 5.74) is 0.119. The molecule has 8 nitrogen and oxygen atoms in total. The quantitative estimate of drug-likeness (QED) is 0.320. The fraction of sp³-hybridized carbons (Fsp3) is 0.400. The number of hydrogen-bond acceptors (Lipinski definition) is 6. The zero-order valence-electron chi connectivity index (χ0n) is 22.7. The SMILES string of the molecule is C#CC1(CC(=O)C2(NC(=O)c3cc4ccc(-c5ccc(NS(C)(=O)=O)c(OC)c5)cc4o3)CCC(F)(F)CC2)CC1. The van der Waals surface area contributed by atoms with Crippen LogP contribution in [0.1, 0.15) is 55.5 Å². The molecule has 1 amide bonds. The second-order valence-electron chi connectivity index (χ2n) is 11.1. The van der Waals surface area contributed by atoms with Crippen molar-refractivity contribution in [3.05, 3.63) is 48.2 Å². The molecule has 0 atom stereocenters. The molecule has 0 saturated heterocycles. The number of terminal acetylenes is 1. The predicted molar refractivity (Wildman–Crippen MR) is 150 cm³/mol. The molecule has 0 radical (unpaired) electrons. The maximum atomic E-state index is 14.0. The number of sulfonamides is 1. The van der Waals surface area contributed by atoms with Crippen molar-refractivity contribution in [2.24, 2.45) is 5.41 Å². The number of Topliss-reactive ketones (excluding diaryl/α,β-unsaturated/α-hetero) is 1. The van der Waals surface area contributed by atoms with E-state index in [1.807, 2.05) is 0 Å². The molecule has 2 N–H and O–H groups in total. The summed E-state index contributed by atoms with van der Waals surface area (Å²) in [6.07, 6.45) is 6.72. The average Bonchev–Trinajstić information content (AvgIpc) is 3.56. The largest absolute Gasteiger partial charge is 0.495 e. The van der Waals surface area contributed by atoms with Gasteiger partial charge in [-0.15, -0.1) is 6.42 Å². The third-order valence-electron chi connectivity index (χ3n) is 7.95. The van der Waals surface area contributed by atoms with E-state index in [2.05, 4.69) is 16.0 Å². The lowest BCUT2D eigenvalue weighted by molar-refractivity contribution is -0.131. The molecular weight excluding hydrogens is 554 g/mol. The zero-order chi connectivity index (χ0) is 29.6. The summed E-state index contributed by atoms with van der Waals surface area (Å²) >= 11 is 0. The Morgan fingerprint density at radius 3 is 2.29 bits per heavy atom. The number of nitrogens with one attached hydrogen (secondary N) is 2. The van der Waals surface area contributed by atoms with Crippen molar-refractivity contribution in [3.8, 4) is 29.2 Å². The third kappa shape index (κ3) is 6.07. The molecule has 1 aromatic heterocycles. The van der Waals surface area contributed by atoms with Crippen molar-refractivity contribution in [3.63, 3.8) is 0 Å². The molecule has 2 aliphatic rings. The van der Waals surface area contributed by atoms with E-state index in [4.69, 9.17) is 15.6 Å². The molecule has 0 spiro atoms. The van der Waals surface area contributed by atoms with Gasteiger partial charge >= 0.3 is 0 Å². The number of rotatable bonds is 9. The van der Waals surface area contributed by atoms with Gasteiger partial charge in [0.15, 0.2) is 11.5 Å². The van der Waals surface area contributed by atoms with Crippen molar-refractivity contribution in [2.75, 3.05) is 18.1 Å². The Morgan fingerprint density at radius 2 is 1.68 bits per heavy atom. The molecule has 216 valence electrons. The van der Waals surface area contributed by atoms with Crippen molar-refractivity contribution in [1.82, 2.24) is 5.32 Å². The topological polar surface area (TPSA) is 115 Å². The molecule has 1 heterocycles. The van der Waals surface area contributed by atoms with E-state index < -0.39 is 45.6 Å². The Labute approximate surface area is 236 Å². The molecule has 2 aliphatic carbocycles. The van der Waals surface area contributed by atoms with Gasteiger partial charge in [-0.3, -0.25) is 14.3 Å². The fourth-order valence-electron chi connectivity index (χ4n) is 5.27. The smallest absolute Gasteiger partial charge is 0.287 e. The van der Waals surface area contributed by atoms with Crippen LogP contribution in [0.2, 0.25) is 0 Å². The van der Waals surface area contributed by atoms with Gasteiger partial charge in [0.1, 0.15) is 11.3 Å². The van der Waals surface area contributed by atoms with E-state index in [1.54, 1.807) is 36.4 Å². The van der Waals surface area contributed by atoms with Crippen LogP contribution in [0.15, 0.2) is 46.9 Å². The first-order valence-corrected chi connectivity index (χ1v) is 15.1. The highest BCUT2D eigenvalue weighted by molar-refractivity contribution is 7.92. The first kappa shape index (κ1) is 28.6. The van der Waals surface area contributed by atoms with Gasteiger partial charge in [-0.05, 0) is 61.1 Å². The van der Waals surface area contributed by atoms with Crippen molar-refractivity contribution in [2.45, 2.75) is 56.4 Å². The number of carbonyl (C=O) groups excluding carboxylic acids is 2. The minimum atomic E-state index is -3.51. The molecule has 2 saturated carbocycles. The highest BCUT2D eigenvalue weighted by Gasteiger charge is 2.52. The normalized spacial score (nSPS) is 18.7. The lowest BCUT2D eigenvalue weighted by atomic mass is 9.74. The number of ether oxygens (including phenoxy) is 1. The summed E-state index contributed by atoms with van der Waals surface area (Å²) in [7, 11) is -2.08. The van der Waals surface area contributed by atoms with Gasteiger partial charge < -0.3 is 14.5 Å². The number of methoxy groups -OCH3 is 1. The number of furan rings is 1. The van der Waals surface area contributed by atoms with E-state index in [0.717, 1.165) is 6.26 Å². The summed E-state index contributed by atoms with van der Waals surface area (Å²) in [6, 6.07) is 11.8. The van der Waals surface area contributed by atoms with Crippen LogP contribution in [0.4, 0.5) is 14.5 Å². The molecule has 0 aliphatic heterocycles. The molecule has 5 rings (SSSR count). The number of ketones is 1. The lowest BCUT2D eigenvalue weighted by Crippen LogP contribution is -2.58. The van der Waals surface area contributed by atoms with E-state index in [-0.39, 0.29) is 36.5 Å². The minimum absolute atomic E-state index is 0.0425. The first-order chi connectivity index (χ1) is 19.3. The molecule has 0 unspecified atom stereocenters. The van der Waals surface area contributed by atoms with Crippen LogP contribution in [0.3, 0.4) is 0 Å². The van der Waals surface area contributed by atoms with Gasteiger partial charge in [-0.1, -0.05) is 24.1 Å². The van der Waals surface area contributed by atoms with Gasteiger partial charge in [0.05, 0.1) is 24.6 Å². The van der Waals surface area contributed by atoms with E-state index in [0.29, 0.717) is 40.7 Å². The third-order valence-corrected chi connectivity index (χ3v) is 8.55. The standard InChI is InChI=1S/C30H30F2N2O6S/c1-4-28(9-10-28)18-26(35)29(11-13-30(31,32)14-12-29)33-27(36)25-17-21-6-5-19(15-23(21)40-25)20-7-8-22(24(16-20)39-2)34-41(3,37)38/h1,5-8,15-17,34H,9-14,18H2,2-3H3,(H,33,36). The van der Waals surface area contributed by atoms with Gasteiger partial charge in [0.25, 0.3) is 5.91 Å². The zero-order valence-corrected chi connectivity index (χ0v) is 23.5. The Bertz CT molecular complexity index is 1670. The summed E-state index contributed by atoms with van der Waals surface area (Å²) in [5.74, 6) is -0.951. The number of fused-ring (bicyclic) bond motifs is 1. The molecule has 3 aromatic rings. The molecular formula is C30H30F2N2O6S. The van der Waals surface area contributed by atoms with E-state index in [1.165, 1.54) is 13.2 Å². The summed E-state index contributed by atoms with van der Waals surface area (Å²) < 4.78 is 65.0. The van der Waals surface area contributed by atoms with Gasteiger partial charge in [0, 0.05) is 30.1 Å². The summed E-state index contributed by atoms with van der Waals surface area (Å²) in [5, 5.41) is 3.38. The van der Waals surface area contributed by atoms with Crippen LogP contribution in [0.5, 0.6) is 5.75 Å². The molecule has 41 heavy (non-hydrogen) atoms. The van der Waals surface area contributed by atoms with E-state index in [9.17, 15) is 26.8 Å². The van der Waals surface area contributed by atoms with Crippen LogP contribution < -0.4 is 14.8 Å². The number of halogens is 2. The second-order valence-corrected chi connectivity index (χ2v) is 12.8. The number of hydrogen-bond donors (Lipinski definition) is 2. The van der Waals surface area contributed by atoms with Gasteiger partial charge in [-0.25, -0.2) is 17.2 Å². The maximum absolute atomic E-state index is 14.0. The van der Waals surface area contributed by atoms with Crippen molar-refractivity contribution < 1.29 is 35.9 Å². The molecule has 0 bridgehead atoms. The first-order valence-electron chi connectivity index (χ1n) is 13.2. The average molecular weight is 585 g/mol. The highest BCUT2D eigenvalue weighted by atomic mass is 32.2. The Kier molecular flexibility index (Phi) is 7.10. The number of benzene rings is 2. The number of alkyl halides is 2. The van der Waals surface area contributed by atoms with E-state index >= 15 is 0 Å². The van der Waals surface area contributed by atoms with Gasteiger partial charge in [0.2, 0.25) is 15.9 Å². The maximum Gasteiger partial charge on any atom is 0.287 e. The van der Waals surface area contributed by atoms with Crippen LogP contribution in [-0.4, -0.2) is 44.9 Å². The van der Waals surface area contributed by atoms with Crippen LogP contribution in [0.25, 0.3) is 22.1 Å². The molecule has 2 aromatic carbocycles. The second kappa shape index (κ2) is 10.2. The Morgan fingerprint density at radius 1 is 1.02 bits per heavy atom. The van der Waals surface area contributed by atoms with Gasteiger partial charge in [-0.2, -0.15) is 0 Å². The number of amides is 1. The van der Waals surface area contributed by atoms with Crippen LogP contribution in [-0.2, 0) is 14.8 Å². The number of carbonyl (C=O) groups is 2. The molecule has 2 fully saturated rings. The fourth-order valence-corrected chi connectivity index (χ4v) is 5.84. The monoisotopic (exact) mass is 584 g/mol. The predicted octanol–water partition coefficient (Wildman–Crippen LogP) is 5.53. The van der Waals surface area contributed by atoms with Crippen LogP contribution >= 0.6 is 0 Å². The lowest BCUT2D eigenvalue weighted by Gasteiger charge is -2.39. The van der Waals surface area contributed by atoms with Crippen molar-refractivity contribution in [1.29, 1.82) is 0 Å².